The predicted octanol–water partition coefficient (Wildman–Crippen LogP) is 2.67. The van der Waals surface area contributed by atoms with Crippen LogP contribution in [-0.2, 0) is 6.42 Å². The zero-order chi connectivity index (χ0) is 15.5. The Morgan fingerprint density at radius 1 is 1.04 bits per heavy atom. The highest BCUT2D eigenvalue weighted by Crippen LogP contribution is 2.29. The van der Waals surface area contributed by atoms with E-state index in [2.05, 4.69) is 32.5 Å². The van der Waals surface area contributed by atoms with E-state index < -0.39 is 0 Å². The molecule has 0 fully saturated rings. The number of halogens is 1. The van der Waals surface area contributed by atoms with Gasteiger partial charge in [0.2, 0.25) is 0 Å². The number of nitrogens with one attached hydrogen (secondary N) is 1. The van der Waals surface area contributed by atoms with Gasteiger partial charge in [0.15, 0.2) is 11.6 Å². The summed E-state index contributed by atoms with van der Waals surface area (Å²) < 4.78 is 10.6. The van der Waals surface area contributed by atoms with Gasteiger partial charge in [0.05, 0.1) is 11.1 Å². The molecule has 1 aromatic carbocycles. The Bertz CT molecular complexity index is 771. The van der Waals surface area contributed by atoms with E-state index >= 15 is 0 Å². The van der Waals surface area contributed by atoms with E-state index in [1.807, 2.05) is 31.3 Å². The molecule has 0 spiro atoms. The van der Waals surface area contributed by atoms with E-state index in [1.54, 1.807) is 6.92 Å². The highest BCUT2D eigenvalue weighted by molar-refractivity contribution is 5.85. The first-order valence-electron chi connectivity index (χ1n) is 7.07. The highest BCUT2D eigenvalue weighted by Gasteiger charge is 2.18. The molecule has 0 saturated heterocycles. The lowest BCUT2D eigenvalue weighted by Gasteiger charge is -2.04. The Morgan fingerprint density at radius 3 is 2.22 bits per heavy atom. The number of aryl methyl sites for hydroxylation is 1. The van der Waals surface area contributed by atoms with Crippen LogP contribution in [0.4, 0.5) is 0 Å². The monoisotopic (exact) mass is 335 g/mol. The van der Waals surface area contributed by atoms with Crippen molar-refractivity contribution in [3.63, 3.8) is 0 Å². The standard InChI is InChI=1S/C15H17N5O2.ClH/c1-9(16-3)8-13-18-15(22-20-13)12-7-5-4-6-11(12)14-17-10(2)19-21-14;/h4-7,9,16H,8H2,1-3H3;1H. The third kappa shape index (κ3) is 3.75. The summed E-state index contributed by atoms with van der Waals surface area (Å²) in [5.41, 5.74) is 1.56. The van der Waals surface area contributed by atoms with Crippen LogP contribution < -0.4 is 5.32 Å². The normalized spacial score (nSPS) is 12.0. The van der Waals surface area contributed by atoms with E-state index in [1.165, 1.54) is 0 Å². The fourth-order valence-corrected chi connectivity index (χ4v) is 2.08. The predicted molar refractivity (Wildman–Crippen MR) is 87.2 cm³/mol. The molecule has 7 nitrogen and oxygen atoms in total. The second-order valence-electron chi connectivity index (χ2n) is 5.10. The Hall–Kier alpha value is -2.25. The summed E-state index contributed by atoms with van der Waals surface area (Å²) in [6, 6.07) is 7.87. The summed E-state index contributed by atoms with van der Waals surface area (Å²) in [6.45, 7) is 3.84. The first-order chi connectivity index (χ1) is 10.7. The number of hydrogen-bond acceptors (Lipinski definition) is 7. The third-order valence-electron chi connectivity index (χ3n) is 3.37. The number of rotatable bonds is 5. The van der Waals surface area contributed by atoms with Crippen LogP contribution in [0.2, 0.25) is 0 Å². The lowest BCUT2D eigenvalue weighted by Crippen LogP contribution is -2.24. The average molecular weight is 336 g/mol. The minimum Gasteiger partial charge on any atom is -0.334 e. The van der Waals surface area contributed by atoms with Gasteiger partial charge in [-0.05, 0) is 33.0 Å². The topological polar surface area (TPSA) is 89.9 Å². The van der Waals surface area contributed by atoms with Crippen LogP contribution in [0, 0.1) is 6.92 Å². The fraction of sp³-hybridized carbons (Fsp3) is 0.333. The maximum Gasteiger partial charge on any atom is 0.258 e. The average Bonchev–Trinajstić information content (AvgIpc) is 3.16. The van der Waals surface area contributed by atoms with E-state index in [9.17, 15) is 0 Å². The molecule has 1 atom stereocenters. The summed E-state index contributed by atoms with van der Waals surface area (Å²) in [5, 5.41) is 11.0. The minimum atomic E-state index is 0. The number of hydrogen-bond donors (Lipinski definition) is 1. The molecule has 0 saturated carbocycles. The summed E-state index contributed by atoms with van der Waals surface area (Å²) in [7, 11) is 1.90. The van der Waals surface area contributed by atoms with Crippen molar-refractivity contribution in [3.05, 3.63) is 35.9 Å². The number of nitrogens with zero attached hydrogens (tertiary/aromatic N) is 4. The second kappa shape index (κ2) is 7.34. The van der Waals surface area contributed by atoms with Gasteiger partial charge in [-0.3, -0.25) is 0 Å². The van der Waals surface area contributed by atoms with Crippen molar-refractivity contribution in [2.24, 2.45) is 0 Å². The summed E-state index contributed by atoms with van der Waals surface area (Å²) in [6.07, 6.45) is 0.696. The maximum atomic E-state index is 5.39. The van der Waals surface area contributed by atoms with Crippen molar-refractivity contribution in [2.75, 3.05) is 7.05 Å². The molecule has 3 rings (SSSR count). The lowest BCUT2D eigenvalue weighted by atomic mass is 10.1. The molecule has 2 heterocycles. The van der Waals surface area contributed by atoms with E-state index in [0.29, 0.717) is 29.9 Å². The van der Waals surface area contributed by atoms with Gasteiger partial charge in [0.1, 0.15) is 0 Å². The van der Waals surface area contributed by atoms with Gasteiger partial charge in [-0.15, -0.1) is 12.4 Å². The Labute approximate surface area is 139 Å². The quantitative estimate of drug-likeness (QED) is 0.766. The molecule has 23 heavy (non-hydrogen) atoms. The minimum absolute atomic E-state index is 0. The number of aromatic nitrogens is 4. The Kier molecular flexibility index (Phi) is 5.46. The molecular formula is C15H18ClN5O2. The Morgan fingerprint density at radius 2 is 1.65 bits per heavy atom. The van der Waals surface area contributed by atoms with Crippen LogP contribution in [0.25, 0.3) is 22.9 Å². The SMILES string of the molecule is CNC(C)Cc1noc(-c2ccccc2-c2nc(C)no2)n1.Cl. The third-order valence-corrected chi connectivity index (χ3v) is 3.37. The molecular weight excluding hydrogens is 318 g/mol. The van der Waals surface area contributed by atoms with Gasteiger partial charge in [-0.25, -0.2) is 0 Å². The van der Waals surface area contributed by atoms with Crippen molar-refractivity contribution in [1.29, 1.82) is 0 Å². The molecule has 122 valence electrons. The molecule has 0 aliphatic carbocycles. The van der Waals surface area contributed by atoms with Crippen LogP contribution >= 0.6 is 12.4 Å². The number of benzene rings is 1. The van der Waals surface area contributed by atoms with Gasteiger partial charge >= 0.3 is 0 Å². The molecule has 1 N–H and O–H groups in total. The largest absolute Gasteiger partial charge is 0.334 e. The molecule has 0 radical (unpaired) electrons. The molecule has 0 aliphatic heterocycles. The van der Waals surface area contributed by atoms with Crippen LogP contribution in [0.5, 0.6) is 0 Å². The summed E-state index contributed by atoms with van der Waals surface area (Å²) in [5.74, 6) is 2.13. The Balaban J connectivity index is 0.00000192. The lowest BCUT2D eigenvalue weighted by molar-refractivity contribution is 0.416. The zero-order valence-electron chi connectivity index (χ0n) is 13.1. The summed E-state index contributed by atoms with van der Waals surface area (Å²) in [4.78, 5) is 8.71. The van der Waals surface area contributed by atoms with Gasteiger partial charge in [-0.1, -0.05) is 22.4 Å². The van der Waals surface area contributed by atoms with Crippen LogP contribution in [0.3, 0.4) is 0 Å². The highest BCUT2D eigenvalue weighted by atomic mass is 35.5. The summed E-state index contributed by atoms with van der Waals surface area (Å²) >= 11 is 0. The number of likely N-dealkylation sites (N-methyl/N-ethyl adjacent to an activating group) is 1. The molecule has 3 aromatic rings. The van der Waals surface area contributed by atoms with E-state index in [0.717, 1.165) is 11.1 Å². The second-order valence-corrected chi connectivity index (χ2v) is 5.10. The molecule has 0 amide bonds. The first-order valence-corrected chi connectivity index (χ1v) is 7.07. The molecule has 1 unspecified atom stereocenters. The molecule has 0 bridgehead atoms. The smallest absolute Gasteiger partial charge is 0.258 e. The van der Waals surface area contributed by atoms with Crippen molar-refractivity contribution >= 4 is 12.4 Å². The van der Waals surface area contributed by atoms with Crippen molar-refractivity contribution < 1.29 is 9.05 Å². The molecule has 8 heteroatoms. The van der Waals surface area contributed by atoms with Gasteiger partial charge < -0.3 is 14.4 Å². The van der Waals surface area contributed by atoms with Gasteiger partial charge in [-0.2, -0.15) is 9.97 Å². The van der Waals surface area contributed by atoms with Crippen LogP contribution in [-0.4, -0.2) is 33.4 Å². The molecule has 0 aliphatic rings. The van der Waals surface area contributed by atoms with Crippen LogP contribution in [0.15, 0.2) is 33.3 Å². The fourth-order valence-electron chi connectivity index (χ4n) is 2.08. The van der Waals surface area contributed by atoms with Crippen LogP contribution in [0.1, 0.15) is 18.6 Å². The maximum absolute atomic E-state index is 5.39. The van der Waals surface area contributed by atoms with Gasteiger partial charge in [0.25, 0.3) is 11.8 Å². The van der Waals surface area contributed by atoms with Crippen molar-refractivity contribution in [3.8, 4) is 22.9 Å². The zero-order valence-corrected chi connectivity index (χ0v) is 13.9. The van der Waals surface area contributed by atoms with Crippen molar-refractivity contribution in [2.45, 2.75) is 26.3 Å². The van der Waals surface area contributed by atoms with E-state index in [-0.39, 0.29) is 18.4 Å². The first kappa shape index (κ1) is 17.1. The molecule has 2 aromatic heterocycles. The van der Waals surface area contributed by atoms with E-state index in [4.69, 9.17) is 9.05 Å². The van der Waals surface area contributed by atoms with Crippen molar-refractivity contribution in [1.82, 2.24) is 25.6 Å². The van der Waals surface area contributed by atoms with Gasteiger partial charge in [0, 0.05) is 12.5 Å².